The van der Waals surface area contributed by atoms with Gasteiger partial charge in [-0.15, -0.1) is 0 Å². The zero-order chi connectivity index (χ0) is 22.7. The molecule has 4 rings (SSSR count). The second-order valence-electron chi connectivity index (χ2n) is 9.23. The highest BCUT2D eigenvalue weighted by Gasteiger charge is 2.28. The van der Waals surface area contributed by atoms with E-state index in [4.69, 9.17) is 0 Å². The first kappa shape index (κ1) is 22.6. The number of nitrogens with zero attached hydrogens (tertiary/aromatic N) is 3. The van der Waals surface area contributed by atoms with Crippen LogP contribution in [0.25, 0.3) is 0 Å². The van der Waals surface area contributed by atoms with Gasteiger partial charge in [0.2, 0.25) is 0 Å². The van der Waals surface area contributed by atoms with Gasteiger partial charge in [0.05, 0.1) is 0 Å². The first-order valence-corrected chi connectivity index (χ1v) is 12.0. The lowest BCUT2D eigenvalue weighted by Crippen LogP contribution is -2.40. The van der Waals surface area contributed by atoms with Crippen LogP contribution in [0.3, 0.4) is 0 Å². The zero-order valence-electron chi connectivity index (χ0n) is 19.3. The highest BCUT2D eigenvalue weighted by Crippen LogP contribution is 2.31. The number of unbranched alkanes of at least 4 members (excludes halogenated alkanes) is 1. The zero-order valence-corrected chi connectivity index (χ0v) is 19.3. The first-order valence-electron chi connectivity index (χ1n) is 12.0. The Kier molecular flexibility index (Phi) is 6.99. The number of benzene rings is 1. The van der Waals surface area contributed by atoms with Gasteiger partial charge >= 0.3 is 0 Å². The second kappa shape index (κ2) is 9.90. The van der Waals surface area contributed by atoms with Crippen molar-refractivity contribution in [2.24, 2.45) is 0 Å². The predicted octanol–water partition coefficient (Wildman–Crippen LogP) is 3.90. The third-order valence-electron chi connectivity index (χ3n) is 7.04. The summed E-state index contributed by atoms with van der Waals surface area (Å²) in [4.78, 5) is 29.3. The van der Waals surface area contributed by atoms with Gasteiger partial charge in [0.25, 0.3) is 5.91 Å². The van der Waals surface area contributed by atoms with Crippen LogP contribution in [0.15, 0.2) is 30.5 Å². The van der Waals surface area contributed by atoms with Crippen LogP contribution in [0.4, 0.5) is 0 Å². The minimum absolute atomic E-state index is 0.0517. The summed E-state index contributed by atoms with van der Waals surface area (Å²) in [6, 6.07) is 8.15. The molecule has 2 aliphatic rings. The number of aromatic hydroxyl groups is 1. The maximum absolute atomic E-state index is 12.7. The summed E-state index contributed by atoms with van der Waals surface area (Å²) in [5, 5.41) is 10.3. The van der Waals surface area contributed by atoms with E-state index in [1.54, 1.807) is 18.0 Å². The van der Waals surface area contributed by atoms with Gasteiger partial charge in [-0.05, 0) is 74.9 Å². The second-order valence-corrected chi connectivity index (χ2v) is 9.23. The molecule has 1 atom stereocenters. The molecule has 0 spiro atoms. The summed E-state index contributed by atoms with van der Waals surface area (Å²) in [7, 11) is 1.77. The number of aryl methyl sites for hydroxylation is 2. The molecule has 0 saturated heterocycles. The van der Waals surface area contributed by atoms with E-state index in [2.05, 4.69) is 17.9 Å². The molecule has 1 aromatic heterocycles. The van der Waals surface area contributed by atoms with E-state index in [1.807, 2.05) is 22.9 Å². The third-order valence-corrected chi connectivity index (χ3v) is 7.04. The Morgan fingerprint density at radius 2 is 1.97 bits per heavy atom. The van der Waals surface area contributed by atoms with Gasteiger partial charge in [-0.3, -0.25) is 9.59 Å². The Bertz CT molecular complexity index is 981. The van der Waals surface area contributed by atoms with Gasteiger partial charge in [0.15, 0.2) is 5.78 Å². The first-order chi connectivity index (χ1) is 15.5. The number of aromatic nitrogens is 1. The fourth-order valence-corrected chi connectivity index (χ4v) is 5.23. The van der Waals surface area contributed by atoms with E-state index >= 15 is 0 Å². The molecule has 1 unspecified atom stereocenters. The van der Waals surface area contributed by atoms with Crippen molar-refractivity contribution < 1.29 is 14.7 Å². The number of carbonyl (C=O) groups excluding carboxylic acids is 2. The van der Waals surface area contributed by atoms with Crippen LogP contribution in [0.1, 0.15) is 71.0 Å². The fourth-order valence-electron chi connectivity index (χ4n) is 5.23. The van der Waals surface area contributed by atoms with Crippen LogP contribution in [0.5, 0.6) is 5.75 Å². The number of Topliss-reactive ketones (excluding diaryl/α,β-unsaturated/α-hetero) is 1. The van der Waals surface area contributed by atoms with Crippen molar-refractivity contribution in [3.8, 4) is 5.75 Å². The van der Waals surface area contributed by atoms with Crippen LogP contribution in [0, 0.1) is 0 Å². The van der Waals surface area contributed by atoms with Crippen LogP contribution in [-0.2, 0) is 19.4 Å². The summed E-state index contributed by atoms with van der Waals surface area (Å²) in [5.74, 6) is 0.441. The molecule has 0 fully saturated rings. The van der Waals surface area contributed by atoms with Gasteiger partial charge in [0.1, 0.15) is 11.4 Å². The molecule has 2 heterocycles. The van der Waals surface area contributed by atoms with E-state index in [9.17, 15) is 14.7 Å². The lowest BCUT2D eigenvalue weighted by Gasteiger charge is -2.35. The summed E-state index contributed by atoms with van der Waals surface area (Å²) in [6.07, 6.45) is 8.46. The summed E-state index contributed by atoms with van der Waals surface area (Å²) < 4.78 is 1.97. The summed E-state index contributed by atoms with van der Waals surface area (Å²) >= 11 is 0. The topological polar surface area (TPSA) is 65.8 Å². The Morgan fingerprint density at radius 3 is 2.78 bits per heavy atom. The Labute approximate surface area is 190 Å². The lowest BCUT2D eigenvalue weighted by molar-refractivity contribution is 0.0787. The van der Waals surface area contributed by atoms with E-state index in [1.165, 1.54) is 5.56 Å². The number of carbonyl (C=O) groups is 2. The van der Waals surface area contributed by atoms with Gasteiger partial charge in [-0.1, -0.05) is 19.1 Å². The van der Waals surface area contributed by atoms with Crippen LogP contribution in [0.2, 0.25) is 0 Å². The molecule has 1 aliphatic carbocycles. The maximum atomic E-state index is 12.7. The average Bonchev–Trinajstić information content (AvgIpc) is 3.18. The van der Waals surface area contributed by atoms with Crippen molar-refractivity contribution in [2.45, 2.75) is 64.5 Å². The summed E-state index contributed by atoms with van der Waals surface area (Å²) in [5.41, 5.74) is 3.54. The maximum Gasteiger partial charge on any atom is 0.270 e. The molecule has 6 nitrogen and oxygen atoms in total. The Morgan fingerprint density at radius 1 is 1.12 bits per heavy atom. The normalized spacial score (nSPS) is 18.6. The minimum atomic E-state index is -0.0517. The molecule has 1 aliphatic heterocycles. The van der Waals surface area contributed by atoms with Crippen molar-refractivity contribution in [2.75, 3.05) is 26.7 Å². The molecule has 32 heavy (non-hydrogen) atoms. The van der Waals surface area contributed by atoms with Crippen LogP contribution in [-0.4, -0.2) is 63.9 Å². The number of ketones is 1. The number of rotatable bonds is 8. The van der Waals surface area contributed by atoms with E-state index in [0.717, 1.165) is 63.7 Å². The van der Waals surface area contributed by atoms with Crippen molar-refractivity contribution in [1.82, 2.24) is 14.4 Å². The molecule has 0 radical (unpaired) electrons. The third kappa shape index (κ3) is 4.60. The standard InChI is InChI=1S/C26H35N3O3/c1-3-13-28(20-10-9-19-7-6-8-23(30)22(19)18-20)14-4-5-15-29-17-11-21-24(31)12-16-27(2)26(32)25(21)29/h6-8,11,17,20,30H,3-5,9-10,12-16,18H2,1-2H3. The van der Waals surface area contributed by atoms with Crippen LogP contribution < -0.4 is 0 Å². The smallest absolute Gasteiger partial charge is 0.270 e. The number of hydrogen-bond acceptors (Lipinski definition) is 4. The molecule has 1 amide bonds. The molecule has 1 N–H and O–H groups in total. The van der Waals surface area contributed by atoms with Gasteiger partial charge in [-0.25, -0.2) is 0 Å². The SMILES string of the molecule is CCCN(CCCCn1ccc2c1C(=O)N(C)CCC2=O)C1CCc2cccc(O)c2C1. The molecule has 0 bridgehead atoms. The van der Waals surface area contributed by atoms with Gasteiger partial charge in [-0.2, -0.15) is 0 Å². The highest BCUT2D eigenvalue weighted by atomic mass is 16.3. The summed E-state index contributed by atoms with van der Waals surface area (Å²) in [6.45, 7) is 5.52. The number of phenols is 1. The van der Waals surface area contributed by atoms with Crippen molar-refractivity contribution in [1.29, 1.82) is 0 Å². The molecule has 2 aromatic rings. The largest absolute Gasteiger partial charge is 0.508 e. The number of hydrogen-bond donors (Lipinski definition) is 1. The molecular formula is C26H35N3O3. The number of fused-ring (bicyclic) bond motifs is 2. The Balaban J connectivity index is 1.36. The molecule has 0 saturated carbocycles. The predicted molar refractivity (Wildman–Crippen MR) is 125 cm³/mol. The van der Waals surface area contributed by atoms with Gasteiger partial charge < -0.3 is 19.5 Å². The van der Waals surface area contributed by atoms with E-state index in [-0.39, 0.29) is 11.7 Å². The minimum Gasteiger partial charge on any atom is -0.508 e. The van der Waals surface area contributed by atoms with Crippen LogP contribution >= 0.6 is 0 Å². The molecule has 172 valence electrons. The highest BCUT2D eigenvalue weighted by molar-refractivity contribution is 6.08. The fraction of sp³-hybridized carbons (Fsp3) is 0.538. The molecule has 1 aromatic carbocycles. The monoisotopic (exact) mass is 437 g/mol. The lowest BCUT2D eigenvalue weighted by atomic mass is 9.86. The van der Waals surface area contributed by atoms with Gasteiger partial charge in [0, 0.05) is 44.4 Å². The quantitative estimate of drug-likeness (QED) is 0.636. The number of phenolic OH excluding ortho intramolecular Hbond substituents is 1. The van der Waals surface area contributed by atoms with E-state index < -0.39 is 0 Å². The van der Waals surface area contributed by atoms with Crippen molar-refractivity contribution in [3.05, 3.63) is 52.8 Å². The molecular weight excluding hydrogens is 402 g/mol. The molecule has 6 heteroatoms. The van der Waals surface area contributed by atoms with Crippen molar-refractivity contribution >= 4 is 11.7 Å². The number of amides is 1. The average molecular weight is 438 g/mol. The van der Waals surface area contributed by atoms with Crippen molar-refractivity contribution in [3.63, 3.8) is 0 Å². The van der Waals surface area contributed by atoms with E-state index in [0.29, 0.717) is 36.0 Å². The Hall–Kier alpha value is -2.60.